The van der Waals surface area contributed by atoms with Crippen molar-refractivity contribution in [2.75, 3.05) is 36.5 Å². The van der Waals surface area contributed by atoms with Crippen LogP contribution >= 0.6 is 0 Å². The molecule has 4 heterocycles. The van der Waals surface area contributed by atoms with Crippen molar-refractivity contribution in [3.63, 3.8) is 0 Å². The highest BCUT2D eigenvalue weighted by atomic mass is 16.5. The van der Waals surface area contributed by atoms with Crippen molar-refractivity contribution in [2.45, 2.75) is 25.7 Å². The average Bonchev–Trinajstić information content (AvgIpc) is 3.24. The van der Waals surface area contributed by atoms with E-state index in [0.29, 0.717) is 48.8 Å². The summed E-state index contributed by atoms with van der Waals surface area (Å²) < 4.78 is 7.35. The molecule has 9 nitrogen and oxygen atoms in total. The number of aliphatic hydroxyl groups excluding tert-OH is 1. The summed E-state index contributed by atoms with van der Waals surface area (Å²) in [5, 5.41) is 26.7. The Labute approximate surface area is 179 Å². The molecule has 2 aliphatic rings. The van der Waals surface area contributed by atoms with Gasteiger partial charge in [-0.15, -0.1) is 0 Å². The van der Waals surface area contributed by atoms with Gasteiger partial charge in [0.2, 0.25) is 0 Å². The largest absolute Gasteiger partial charge is 0.494 e. The summed E-state index contributed by atoms with van der Waals surface area (Å²) >= 11 is 0. The van der Waals surface area contributed by atoms with Gasteiger partial charge < -0.3 is 25.5 Å². The van der Waals surface area contributed by atoms with Crippen LogP contribution in [0.15, 0.2) is 48.1 Å². The van der Waals surface area contributed by atoms with E-state index >= 15 is 0 Å². The number of morpholine rings is 1. The van der Waals surface area contributed by atoms with E-state index in [1.807, 2.05) is 28.8 Å². The van der Waals surface area contributed by atoms with Crippen molar-refractivity contribution >= 4 is 23.0 Å². The van der Waals surface area contributed by atoms with Crippen molar-refractivity contribution in [3.8, 4) is 11.3 Å². The normalized spacial score (nSPS) is 19.0. The predicted octanol–water partition coefficient (Wildman–Crippen LogP) is 3.40. The molecular formula is C22H25N7O2. The second kappa shape index (κ2) is 8.35. The number of anilines is 2. The minimum absolute atomic E-state index is 0.0170. The molecule has 1 saturated carbocycles. The third-order valence-corrected chi connectivity index (χ3v) is 5.72. The molecule has 160 valence electrons. The van der Waals surface area contributed by atoms with Crippen LogP contribution in [0.5, 0.6) is 0 Å². The van der Waals surface area contributed by atoms with Crippen LogP contribution in [0.3, 0.4) is 0 Å². The molecule has 0 radical (unpaired) electrons. The molecule has 0 unspecified atom stereocenters. The zero-order chi connectivity index (χ0) is 21.2. The maximum Gasteiger partial charge on any atom is 0.194 e. The summed E-state index contributed by atoms with van der Waals surface area (Å²) in [6.07, 6.45) is 6.86. The quantitative estimate of drug-likeness (QED) is 0.556. The average molecular weight is 419 g/mol. The van der Waals surface area contributed by atoms with Crippen molar-refractivity contribution in [1.82, 2.24) is 19.6 Å². The van der Waals surface area contributed by atoms with Gasteiger partial charge in [0, 0.05) is 54.5 Å². The molecular weight excluding hydrogens is 394 g/mol. The van der Waals surface area contributed by atoms with Gasteiger partial charge in [-0.3, -0.25) is 4.98 Å². The fraction of sp³-hybridized carbons (Fsp3) is 0.364. The minimum atomic E-state index is 0.0170. The Bertz CT molecular complexity index is 1130. The van der Waals surface area contributed by atoms with Gasteiger partial charge in [-0.05, 0) is 37.8 Å². The van der Waals surface area contributed by atoms with Crippen molar-refractivity contribution in [1.29, 1.82) is 5.41 Å². The fourth-order valence-corrected chi connectivity index (χ4v) is 4.07. The Morgan fingerprint density at radius 3 is 2.65 bits per heavy atom. The summed E-state index contributed by atoms with van der Waals surface area (Å²) in [4.78, 5) is 11.0. The Hall–Kier alpha value is -3.46. The Morgan fingerprint density at radius 2 is 1.87 bits per heavy atom. The van der Waals surface area contributed by atoms with E-state index in [9.17, 15) is 5.11 Å². The van der Waals surface area contributed by atoms with Crippen LogP contribution in [-0.2, 0) is 4.74 Å². The summed E-state index contributed by atoms with van der Waals surface area (Å²) in [5.74, 6) is 1.43. The number of aliphatic hydroxyl groups is 1. The van der Waals surface area contributed by atoms with Crippen molar-refractivity contribution in [2.24, 2.45) is 0 Å². The van der Waals surface area contributed by atoms with Crippen LogP contribution in [-0.4, -0.2) is 56.7 Å². The Kier molecular flexibility index (Phi) is 5.25. The van der Waals surface area contributed by atoms with E-state index in [4.69, 9.17) is 15.2 Å². The summed E-state index contributed by atoms with van der Waals surface area (Å²) in [6.45, 7) is 2.80. The van der Waals surface area contributed by atoms with Crippen LogP contribution in [0.2, 0.25) is 0 Å². The second-order valence-electron chi connectivity index (χ2n) is 7.77. The topological polar surface area (TPSA) is 112 Å². The minimum Gasteiger partial charge on any atom is -0.494 e. The van der Waals surface area contributed by atoms with Crippen molar-refractivity contribution < 1.29 is 9.84 Å². The van der Waals surface area contributed by atoms with Gasteiger partial charge in [0.05, 0.1) is 18.9 Å². The van der Waals surface area contributed by atoms with Crippen LogP contribution in [0, 0.1) is 5.41 Å². The molecule has 0 spiro atoms. The number of rotatable bonds is 4. The fourth-order valence-electron chi connectivity index (χ4n) is 4.07. The lowest BCUT2D eigenvalue weighted by molar-refractivity contribution is 0.122. The molecule has 3 aromatic rings. The van der Waals surface area contributed by atoms with Gasteiger partial charge in [-0.25, -0.2) is 4.98 Å². The molecule has 0 aromatic carbocycles. The van der Waals surface area contributed by atoms with E-state index in [-0.39, 0.29) is 5.88 Å². The van der Waals surface area contributed by atoms with E-state index in [2.05, 4.69) is 20.2 Å². The third kappa shape index (κ3) is 3.96. The van der Waals surface area contributed by atoms with Gasteiger partial charge in [-0.2, -0.15) is 9.61 Å². The molecule has 0 amide bonds. The lowest BCUT2D eigenvalue weighted by Gasteiger charge is -2.29. The van der Waals surface area contributed by atoms with Gasteiger partial charge >= 0.3 is 0 Å². The molecule has 0 bridgehead atoms. The highest BCUT2D eigenvalue weighted by Gasteiger charge is 2.20. The first kappa shape index (κ1) is 19.5. The monoisotopic (exact) mass is 419 g/mol. The zero-order valence-electron chi connectivity index (χ0n) is 17.2. The van der Waals surface area contributed by atoms with Crippen LogP contribution < -0.4 is 10.2 Å². The number of hydrogen-bond acceptors (Lipinski definition) is 8. The second-order valence-corrected chi connectivity index (χ2v) is 7.77. The number of ether oxygens (including phenoxy) is 1. The molecule has 1 aliphatic carbocycles. The number of pyridine rings is 1. The molecule has 2 fully saturated rings. The van der Waals surface area contributed by atoms with Crippen LogP contribution in [0.25, 0.3) is 16.9 Å². The van der Waals surface area contributed by atoms with E-state index in [1.165, 1.54) is 0 Å². The molecule has 5 rings (SSSR count). The number of allylic oxidation sites excluding steroid dienone is 1. The number of hydrogen-bond donors (Lipinski definition) is 3. The lowest BCUT2D eigenvalue weighted by Crippen LogP contribution is -2.37. The van der Waals surface area contributed by atoms with E-state index in [1.54, 1.807) is 12.4 Å². The van der Waals surface area contributed by atoms with E-state index < -0.39 is 0 Å². The highest BCUT2D eigenvalue weighted by Crippen LogP contribution is 2.27. The number of nitrogens with one attached hydrogen (secondary N) is 2. The predicted molar refractivity (Wildman–Crippen MR) is 119 cm³/mol. The molecule has 0 atom stereocenters. The summed E-state index contributed by atoms with van der Waals surface area (Å²) in [5.41, 5.74) is 3.61. The standard InChI is InChI=1S/C22H25N7O2/c23-17-4-2-1-3-16(17)22(30)26-19-14-21(28-9-11-31-12-10-28)29-20(25-19)13-18(27-29)15-5-7-24-8-6-15/h5-8,13-14,23,30H,1-4,9-12H2,(H,25,26)/b22-16+,23-17?. The lowest BCUT2D eigenvalue weighted by atomic mass is 9.93. The number of fused-ring (bicyclic) bond motifs is 1. The number of nitrogens with zero attached hydrogens (tertiary/aromatic N) is 5. The SMILES string of the molecule is N=C1CCCC/C1=C(\O)Nc1cc(N2CCOCC2)n2nc(-c3ccncc3)cc2n1. The Morgan fingerprint density at radius 1 is 1.10 bits per heavy atom. The summed E-state index contributed by atoms with van der Waals surface area (Å²) in [6, 6.07) is 7.66. The molecule has 1 aliphatic heterocycles. The molecule has 3 N–H and O–H groups in total. The van der Waals surface area contributed by atoms with Gasteiger partial charge in [0.1, 0.15) is 11.6 Å². The molecule has 3 aromatic heterocycles. The van der Waals surface area contributed by atoms with E-state index in [0.717, 1.165) is 43.0 Å². The first-order valence-corrected chi connectivity index (χ1v) is 10.6. The van der Waals surface area contributed by atoms with Gasteiger partial charge in [0.15, 0.2) is 11.5 Å². The van der Waals surface area contributed by atoms with Crippen LogP contribution in [0.4, 0.5) is 11.6 Å². The molecule has 31 heavy (non-hydrogen) atoms. The maximum absolute atomic E-state index is 10.7. The van der Waals surface area contributed by atoms with Gasteiger partial charge in [0.25, 0.3) is 0 Å². The van der Waals surface area contributed by atoms with Crippen LogP contribution in [0.1, 0.15) is 25.7 Å². The smallest absolute Gasteiger partial charge is 0.194 e. The first-order valence-electron chi connectivity index (χ1n) is 10.6. The first-order chi connectivity index (χ1) is 15.2. The maximum atomic E-state index is 10.7. The molecule has 1 saturated heterocycles. The molecule has 9 heteroatoms. The number of aromatic nitrogens is 4. The Balaban J connectivity index is 1.57. The highest BCUT2D eigenvalue weighted by molar-refractivity contribution is 5.99. The zero-order valence-corrected chi connectivity index (χ0v) is 17.2. The van der Waals surface area contributed by atoms with Gasteiger partial charge in [-0.1, -0.05) is 0 Å². The van der Waals surface area contributed by atoms with Crippen molar-refractivity contribution in [3.05, 3.63) is 48.1 Å². The third-order valence-electron chi connectivity index (χ3n) is 5.72. The summed E-state index contributed by atoms with van der Waals surface area (Å²) in [7, 11) is 0.